The maximum Gasteiger partial charge on any atom is 0.125 e. The fourth-order valence-electron chi connectivity index (χ4n) is 1.79. The molecular formula is C14H12ClF2NO. The van der Waals surface area contributed by atoms with Crippen LogP contribution in [0.5, 0.6) is 0 Å². The molecule has 2 nitrogen and oxygen atoms in total. The third-order valence-corrected chi connectivity index (χ3v) is 3.01. The van der Waals surface area contributed by atoms with Gasteiger partial charge in [-0.1, -0.05) is 23.7 Å². The van der Waals surface area contributed by atoms with Gasteiger partial charge in [0, 0.05) is 10.7 Å². The van der Waals surface area contributed by atoms with Gasteiger partial charge >= 0.3 is 0 Å². The van der Waals surface area contributed by atoms with E-state index in [2.05, 4.69) is 5.32 Å². The van der Waals surface area contributed by atoms with Crippen LogP contribution in [0.1, 0.15) is 11.6 Å². The lowest BCUT2D eigenvalue weighted by Crippen LogP contribution is -2.15. The molecule has 0 aliphatic heterocycles. The summed E-state index contributed by atoms with van der Waals surface area (Å²) in [5, 5.41) is 12.6. The van der Waals surface area contributed by atoms with Gasteiger partial charge in [0.25, 0.3) is 0 Å². The van der Waals surface area contributed by atoms with E-state index in [0.717, 1.165) is 0 Å². The Morgan fingerprint density at radius 3 is 2.47 bits per heavy atom. The van der Waals surface area contributed by atoms with E-state index in [-0.39, 0.29) is 17.4 Å². The molecule has 2 rings (SSSR count). The highest BCUT2D eigenvalue weighted by Crippen LogP contribution is 2.26. The molecule has 0 saturated heterocycles. The zero-order valence-electron chi connectivity index (χ0n) is 9.91. The van der Waals surface area contributed by atoms with Crippen molar-refractivity contribution in [2.75, 3.05) is 11.9 Å². The summed E-state index contributed by atoms with van der Waals surface area (Å²) in [4.78, 5) is 0. The number of aliphatic hydroxyl groups is 1. The molecule has 19 heavy (non-hydrogen) atoms. The molecule has 2 aromatic carbocycles. The Morgan fingerprint density at radius 1 is 1.11 bits per heavy atom. The first-order chi connectivity index (χ1) is 9.10. The number of benzene rings is 2. The molecule has 5 heteroatoms. The van der Waals surface area contributed by atoms with E-state index in [0.29, 0.717) is 11.3 Å². The van der Waals surface area contributed by atoms with Crippen LogP contribution >= 0.6 is 11.6 Å². The van der Waals surface area contributed by atoms with Crippen molar-refractivity contribution in [3.05, 3.63) is 64.7 Å². The molecular weight excluding hydrogens is 272 g/mol. The van der Waals surface area contributed by atoms with Crippen LogP contribution in [0.3, 0.4) is 0 Å². The van der Waals surface area contributed by atoms with Gasteiger partial charge in [0.2, 0.25) is 0 Å². The highest BCUT2D eigenvalue weighted by atomic mass is 35.5. The average molecular weight is 284 g/mol. The van der Waals surface area contributed by atoms with Gasteiger partial charge in [0.15, 0.2) is 0 Å². The van der Waals surface area contributed by atoms with Crippen LogP contribution in [0, 0.1) is 11.6 Å². The van der Waals surface area contributed by atoms with Crippen molar-refractivity contribution in [2.24, 2.45) is 0 Å². The summed E-state index contributed by atoms with van der Waals surface area (Å²) < 4.78 is 26.1. The number of hydrogen-bond acceptors (Lipinski definition) is 2. The highest BCUT2D eigenvalue weighted by molar-refractivity contribution is 6.31. The second-order valence-corrected chi connectivity index (χ2v) is 4.46. The summed E-state index contributed by atoms with van der Waals surface area (Å²) in [5.74, 6) is -0.830. The monoisotopic (exact) mass is 283 g/mol. The second-order valence-electron chi connectivity index (χ2n) is 4.06. The lowest BCUT2D eigenvalue weighted by Gasteiger charge is -2.19. The van der Waals surface area contributed by atoms with Crippen molar-refractivity contribution < 1.29 is 13.9 Å². The normalized spacial score (nSPS) is 12.2. The minimum absolute atomic E-state index is 0.211. The number of anilines is 1. The molecule has 0 aromatic heterocycles. The molecule has 0 aliphatic carbocycles. The van der Waals surface area contributed by atoms with E-state index >= 15 is 0 Å². The maximum atomic E-state index is 13.1. The molecule has 100 valence electrons. The summed E-state index contributed by atoms with van der Waals surface area (Å²) >= 11 is 5.94. The van der Waals surface area contributed by atoms with E-state index in [4.69, 9.17) is 11.6 Å². The summed E-state index contributed by atoms with van der Waals surface area (Å²) in [6.07, 6.45) is 0. The molecule has 0 bridgehead atoms. The molecule has 0 radical (unpaired) electrons. The standard InChI is InChI=1S/C14H12ClF2NO/c15-13-7-10(17)4-5-12(13)14(8-19)18-11-3-1-2-9(16)6-11/h1-7,14,18-19H,8H2. The van der Waals surface area contributed by atoms with Crippen LogP contribution < -0.4 is 5.32 Å². The van der Waals surface area contributed by atoms with Gasteiger partial charge in [0.05, 0.1) is 12.6 Å². The number of hydrogen-bond donors (Lipinski definition) is 2. The van der Waals surface area contributed by atoms with Gasteiger partial charge in [-0.25, -0.2) is 8.78 Å². The number of rotatable bonds is 4. The molecule has 2 N–H and O–H groups in total. The van der Waals surface area contributed by atoms with Crippen molar-refractivity contribution in [2.45, 2.75) is 6.04 Å². The van der Waals surface area contributed by atoms with E-state index in [1.807, 2.05) is 0 Å². The van der Waals surface area contributed by atoms with Crippen molar-refractivity contribution >= 4 is 17.3 Å². The third-order valence-electron chi connectivity index (χ3n) is 2.69. The smallest absolute Gasteiger partial charge is 0.125 e. The SMILES string of the molecule is OCC(Nc1cccc(F)c1)c1ccc(F)cc1Cl. The number of halogens is 3. The van der Waals surface area contributed by atoms with E-state index < -0.39 is 11.9 Å². The first-order valence-electron chi connectivity index (χ1n) is 5.68. The zero-order valence-corrected chi connectivity index (χ0v) is 10.7. The summed E-state index contributed by atoms with van der Waals surface area (Å²) in [7, 11) is 0. The largest absolute Gasteiger partial charge is 0.394 e. The molecule has 0 saturated carbocycles. The summed E-state index contributed by atoms with van der Waals surface area (Å²) in [6, 6.07) is 9.25. The Hall–Kier alpha value is -1.65. The van der Waals surface area contributed by atoms with E-state index in [1.54, 1.807) is 12.1 Å². The van der Waals surface area contributed by atoms with Gasteiger partial charge in [-0.3, -0.25) is 0 Å². The van der Waals surface area contributed by atoms with Gasteiger partial charge in [-0.15, -0.1) is 0 Å². The number of aliphatic hydroxyl groups excluding tert-OH is 1. The molecule has 0 heterocycles. The molecule has 0 spiro atoms. The summed E-state index contributed by atoms with van der Waals surface area (Å²) in [6.45, 7) is -0.248. The second kappa shape index (κ2) is 5.99. The Bertz CT molecular complexity index is 577. The predicted molar refractivity (Wildman–Crippen MR) is 71.3 cm³/mol. The van der Waals surface area contributed by atoms with Crippen LogP contribution in [0.4, 0.5) is 14.5 Å². The molecule has 2 aromatic rings. The van der Waals surface area contributed by atoms with Gasteiger partial charge < -0.3 is 10.4 Å². The zero-order chi connectivity index (χ0) is 13.8. The topological polar surface area (TPSA) is 32.3 Å². The van der Waals surface area contributed by atoms with Gasteiger partial charge in [-0.2, -0.15) is 0 Å². The predicted octanol–water partition coefficient (Wildman–Crippen LogP) is 3.76. The highest BCUT2D eigenvalue weighted by Gasteiger charge is 2.14. The van der Waals surface area contributed by atoms with Crippen LogP contribution in [0.15, 0.2) is 42.5 Å². The first kappa shape index (κ1) is 13.8. The van der Waals surface area contributed by atoms with Gasteiger partial charge in [-0.05, 0) is 35.9 Å². The minimum Gasteiger partial charge on any atom is -0.394 e. The Kier molecular flexibility index (Phi) is 4.35. The lowest BCUT2D eigenvalue weighted by molar-refractivity contribution is 0.276. The first-order valence-corrected chi connectivity index (χ1v) is 6.06. The molecule has 1 unspecified atom stereocenters. The fraction of sp³-hybridized carbons (Fsp3) is 0.143. The van der Waals surface area contributed by atoms with Crippen molar-refractivity contribution in [3.63, 3.8) is 0 Å². The van der Waals surface area contributed by atoms with E-state index in [1.165, 1.54) is 30.3 Å². The van der Waals surface area contributed by atoms with E-state index in [9.17, 15) is 13.9 Å². The molecule has 0 fully saturated rings. The van der Waals surface area contributed by atoms with Crippen LogP contribution in [0.25, 0.3) is 0 Å². The molecule has 0 aliphatic rings. The Labute approximate surface area is 114 Å². The maximum absolute atomic E-state index is 13.1. The van der Waals surface area contributed by atoms with Gasteiger partial charge in [0.1, 0.15) is 11.6 Å². The molecule has 1 atom stereocenters. The Balaban J connectivity index is 2.25. The average Bonchev–Trinajstić information content (AvgIpc) is 2.37. The number of nitrogens with one attached hydrogen (secondary N) is 1. The Morgan fingerprint density at radius 2 is 1.84 bits per heavy atom. The van der Waals surface area contributed by atoms with Crippen molar-refractivity contribution in [1.82, 2.24) is 0 Å². The fourth-order valence-corrected chi connectivity index (χ4v) is 2.08. The third kappa shape index (κ3) is 3.43. The quantitative estimate of drug-likeness (QED) is 0.895. The van der Waals surface area contributed by atoms with Crippen LogP contribution in [0.2, 0.25) is 5.02 Å². The summed E-state index contributed by atoms with van der Waals surface area (Å²) in [5.41, 5.74) is 1.06. The van der Waals surface area contributed by atoms with Crippen LogP contribution in [-0.2, 0) is 0 Å². The minimum atomic E-state index is -0.533. The lowest BCUT2D eigenvalue weighted by atomic mass is 10.1. The van der Waals surface area contributed by atoms with Crippen LogP contribution in [-0.4, -0.2) is 11.7 Å². The molecule has 0 amide bonds. The van der Waals surface area contributed by atoms with Crippen molar-refractivity contribution in [1.29, 1.82) is 0 Å². The van der Waals surface area contributed by atoms with Crippen molar-refractivity contribution in [3.8, 4) is 0 Å².